The van der Waals surface area contributed by atoms with Gasteiger partial charge in [0.15, 0.2) is 0 Å². The third-order valence-electron chi connectivity index (χ3n) is 5.78. The molecule has 0 aliphatic heterocycles. The number of phenolic OH excluding ortho intramolecular Hbond substituents is 1. The van der Waals surface area contributed by atoms with Gasteiger partial charge in [0, 0.05) is 21.9 Å². The summed E-state index contributed by atoms with van der Waals surface area (Å²) in [5.41, 5.74) is 3.05. The zero-order valence-electron chi connectivity index (χ0n) is 15.1. The predicted molar refractivity (Wildman–Crippen MR) is 96.5 cm³/mol. The Kier molecular flexibility index (Phi) is 3.67. The van der Waals surface area contributed by atoms with Gasteiger partial charge in [-0.1, -0.05) is 24.6 Å². The SMILES string of the molecule is Cc1ccc2c(O)c3c(c(OC(=O)OC(C)C)c2c1)C1CCC3C1C. The van der Waals surface area contributed by atoms with Crippen LogP contribution in [0.25, 0.3) is 10.8 Å². The smallest absolute Gasteiger partial charge is 0.507 e. The summed E-state index contributed by atoms with van der Waals surface area (Å²) in [6.07, 6.45) is 1.24. The average molecular weight is 340 g/mol. The minimum Gasteiger partial charge on any atom is -0.507 e. The van der Waals surface area contributed by atoms with Crippen LogP contribution in [-0.2, 0) is 4.74 Å². The van der Waals surface area contributed by atoms with Gasteiger partial charge in [0.25, 0.3) is 0 Å². The van der Waals surface area contributed by atoms with Crippen molar-refractivity contribution < 1.29 is 19.4 Å². The van der Waals surface area contributed by atoms with Crippen molar-refractivity contribution in [3.05, 3.63) is 34.9 Å². The molecule has 2 bridgehead atoms. The van der Waals surface area contributed by atoms with Gasteiger partial charge < -0.3 is 14.6 Å². The van der Waals surface area contributed by atoms with Gasteiger partial charge in [0.1, 0.15) is 11.5 Å². The van der Waals surface area contributed by atoms with Crippen LogP contribution < -0.4 is 4.74 Å². The first-order chi connectivity index (χ1) is 11.9. The maximum absolute atomic E-state index is 12.2. The van der Waals surface area contributed by atoms with E-state index in [4.69, 9.17) is 9.47 Å². The second-order valence-corrected chi connectivity index (χ2v) is 7.72. The number of carbonyl (C=O) groups excluding carboxylic acids is 1. The Morgan fingerprint density at radius 1 is 1.16 bits per heavy atom. The average Bonchev–Trinajstić information content (AvgIpc) is 3.04. The molecule has 2 aliphatic rings. The summed E-state index contributed by atoms with van der Waals surface area (Å²) in [5.74, 6) is 2.07. The van der Waals surface area contributed by atoms with Crippen molar-refractivity contribution in [2.45, 2.75) is 58.5 Å². The van der Waals surface area contributed by atoms with Crippen LogP contribution >= 0.6 is 0 Å². The number of phenols is 1. The van der Waals surface area contributed by atoms with Crippen LogP contribution in [0, 0.1) is 12.8 Å². The second-order valence-electron chi connectivity index (χ2n) is 7.72. The van der Waals surface area contributed by atoms with Gasteiger partial charge in [-0.05, 0) is 57.4 Å². The molecule has 2 aromatic carbocycles. The van der Waals surface area contributed by atoms with Gasteiger partial charge in [-0.3, -0.25) is 0 Å². The number of benzene rings is 2. The van der Waals surface area contributed by atoms with E-state index in [1.165, 1.54) is 0 Å². The molecule has 4 heteroatoms. The van der Waals surface area contributed by atoms with Gasteiger partial charge in [0.05, 0.1) is 6.10 Å². The molecular formula is C21H24O4. The molecule has 0 aromatic heterocycles. The van der Waals surface area contributed by atoms with Crippen LogP contribution in [0.1, 0.15) is 62.1 Å². The summed E-state index contributed by atoms with van der Waals surface area (Å²) in [6.45, 7) is 7.83. The molecule has 1 saturated carbocycles. The fourth-order valence-electron chi connectivity index (χ4n) is 4.73. The first kappa shape index (κ1) is 16.2. The normalized spacial score (nSPS) is 24.0. The molecule has 0 radical (unpaired) electrons. The Bertz CT molecular complexity index is 868. The lowest BCUT2D eigenvalue weighted by Gasteiger charge is -2.22. The van der Waals surface area contributed by atoms with Gasteiger partial charge in [-0.15, -0.1) is 0 Å². The fraction of sp³-hybridized carbons (Fsp3) is 0.476. The van der Waals surface area contributed by atoms with E-state index in [0.717, 1.165) is 40.3 Å². The lowest BCUT2D eigenvalue weighted by molar-refractivity contribution is 0.0729. The van der Waals surface area contributed by atoms with E-state index in [2.05, 4.69) is 6.92 Å². The molecule has 25 heavy (non-hydrogen) atoms. The van der Waals surface area contributed by atoms with E-state index in [0.29, 0.717) is 29.3 Å². The lowest BCUT2D eigenvalue weighted by atomic mass is 9.87. The van der Waals surface area contributed by atoms with Gasteiger partial charge >= 0.3 is 6.16 Å². The molecule has 3 atom stereocenters. The number of rotatable bonds is 2. The van der Waals surface area contributed by atoms with Crippen LogP contribution in [0.15, 0.2) is 18.2 Å². The van der Waals surface area contributed by atoms with E-state index in [1.54, 1.807) is 13.8 Å². The standard InChI is InChI=1S/C21H24O4/c1-10(2)24-21(23)25-20-16-9-11(3)5-6-15(16)19(22)17-13-7-8-14(12(13)4)18(17)20/h5-6,9-10,12-14,22H,7-8H2,1-4H3. The van der Waals surface area contributed by atoms with Crippen molar-refractivity contribution in [1.29, 1.82) is 0 Å². The molecule has 1 fully saturated rings. The molecule has 4 rings (SSSR count). The number of aryl methyl sites for hydroxylation is 1. The molecule has 4 nitrogen and oxygen atoms in total. The zero-order valence-corrected chi connectivity index (χ0v) is 15.1. The Hall–Kier alpha value is -2.23. The topological polar surface area (TPSA) is 55.8 Å². The van der Waals surface area contributed by atoms with E-state index < -0.39 is 6.16 Å². The maximum Gasteiger partial charge on any atom is 0.514 e. The lowest BCUT2D eigenvalue weighted by Crippen LogP contribution is -2.17. The number of ether oxygens (including phenoxy) is 2. The fourth-order valence-corrected chi connectivity index (χ4v) is 4.73. The Balaban J connectivity index is 1.95. The van der Waals surface area contributed by atoms with E-state index in [-0.39, 0.29) is 6.10 Å². The van der Waals surface area contributed by atoms with E-state index in [1.807, 2.05) is 25.1 Å². The van der Waals surface area contributed by atoms with Crippen LogP contribution in [0.2, 0.25) is 0 Å². The molecular weight excluding hydrogens is 316 g/mol. The summed E-state index contributed by atoms with van der Waals surface area (Å²) in [6, 6.07) is 5.86. The van der Waals surface area contributed by atoms with Gasteiger partial charge in [-0.2, -0.15) is 0 Å². The second kappa shape index (κ2) is 5.65. The quantitative estimate of drug-likeness (QED) is 0.588. The number of fused-ring (bicyclic) bond motifs is 6. The summed E-state index contributed by atoms with van der Waals surface area (Å²) in [5, 5.41) is 12.5. The molecule has 2 aromatic rings. The minimum atomic E-state index is -0.680. The Labute approximate surface area is 147 Å². The summed E-state index contributed by atoms with van der Waals surface area (Å²) in [4.78, 5) is 12.2. The van der Waals surface area contributed by atoms with Crippen molar-refractivity contribution in [1.82, 2.24) is 0 Å². The first-order valence-electron chi connectivity index (χ1n) is 9.06. The van der Waals surface area contributed by atoms with Crippen molar-refractivity contribution in [3.8, 4) is 11.5 Å². The highest BCUT2D eigenvalue weighted by atomic mass is 16.7. The monoisotopic (exact) mass is 340 g/mol. The summed E-state index contributed by atoms with van der Waals surface area (Å²) >= 11 is 0. The minimum absolute atomic E-state index is 0.235. The number of hydrogen-bond acceptors (Lipinski definition) is 4. The zero-order chi connectivity index (χ0) is 17.9. The molecule has 0 heterocycles. The third-order valence-corrected chi connectivity index (χ3v) is 5.78. The van der Waals surface area contributed by atoms with Gasteiger partial charge in [-0.25, -0.2) is 4.79 Å². The van der Waals surface area contributed by atoms with Crippen molar-refractivity contribution in [2.24, 2.45) is 5.92 Å². The van der Waals surface area contributed by atoms with Gasteiger partial charge in [0.2, 0.25) is 0 Å². The highest BCUT2D eigenvalue weighted by Gasteiger charge is 2.47. The van der Waals surface area contributed by atoms with Crippen LogP contribution in [-0.4, -0.2) is 17.4 Å². The number of aromatic hydroxyl groups is 1. The molecule has 0 spiro atoms. The highest BCUT2D eigenvalue weighted by Crippen LogP contribution is 2.63. The number of hydrogen-bond donors (Lipinski definition) is 1. The molecule has 132 valence electrons. The van der Waals surface area contributed by atoms with Crippen molar-refractivity contribution in [2.75, 3.05) is 0 Å². The highest BCUT2D eigenvalue weighted by molar-refractivity contribution is 5.98. The molecule has 0 saturated heterocycles. The Morgan fingerprint density at radius 3 is 2.52 bits per heavy atom. The third kappa shape index (κ3) is 2.38. The molecule has 3 unspecified atom stereocenters. The largest absolute Gasteiger partial charge is 0.514 e. The maximum atomic E-state index is 12.2. The first-order valence-corrected chi connectivity index (χ1v) is 9.06. The van der Waals surface area contributed by atoms with Crippen LogP contribution in [0.4, 0.5) is 4.79 Å². The van der Waals surface area contributed by atoms with Crippen LogP contribution in [0.3, 0.4) is 0 Å². The van der Waals surface area contributed by atoms with E-state index >= 15 is 0 Å². The van der Waals surface area contributed by atoms with Crippen LogP contribution in [0.5, 0.6) is 11.5 Å². The predicted octanol–water partition coefficient (Wildman–Crippen LogP) is 5.39. The Morgan fingerprint density at radius 2 is 1.84 bits per heavy atom. The van der Waals surface area contributed by atoms with Crippen molar-refractivity contribution in [3.63, 3.8) is 0 Å². The summed E-state index contributed by atoms with van der Waals surface area (Å²) < 4.78 is 10.9. The molecule has 2 aliphatic carbocycles. The summed E-state index contributed by atoms with van der Waals surface area (Å²) in [7, 11) is 0. The van der Waals surface area contributed by atoms with Crippen molar-refractivity contribution >= 4 is 16.9 Å². The molecule has 1 N–H and O–H groups in total. The van der Waals surface area contributed by atoms with E-state index in [9.17, 15) is 9.90 Å². The molecule has 0 amide bonds. The number of carbonyl (C=O) groups is 1.